The average Bonchev–Trinajstić information content (AvgIpc) is 2.28. The monoisotopic (exact) mass is 236 g/mol. The minimum absolute atomic E-state index is 0.245. The molecule has 0 unspecified atom stereocenters. The molecule has 0 aromatic carbocycles. The van der Waals surface area contributed by atoms with Crippen LogP contribution in [0.15, 0.2) is 6.07 Å². The van der Waals surface area contributed by atoms with Crippen LogP contribution in [0.5, 0.6) is 0 Å². The van der Waals surface area contributed by atoms with Gasteiger partial charge in [0.2, 0.25) is 5.95 Å². The third-order valence-corrected chi connectivity index (χ3v) is 3.27. The summed E-state index contributed by atoms with van der Waals surface area (Å²) >= 11 is 0. The van der Waals surface area contributed by atoms with Gasteiger partial charge in [0.1, 0.15) is 11.6 Å². The van der Waals surface area contributed by atoms with Crippen LogP contribution in [0.3, 0.4) is 0 Å². The lowest BCUT2D eigenvalue weighted by atomic mass is 10.0. The van der Waals surface area contributed by atoms with Gasteiger partial charge < -0.3 is 21.3 Å². The predicted molar refractivity (Wildman–Crippen MR) is 69.8 cm³/mol. The molecule has 17 heavy (non-hydrogen) atoms. The quantitative estimate of drug-likeness (QED) is 0.761. The molecule has 1 aliphatic rings. The predicted octanol–water partition coefficient (Wildman–Crippen LogP) is 0.171. The summed E-state index contributed by atoms with van der Waals surface area (Å²) in [6, 6.07) is 2.44. The summed E-state index contributed by atoms with van der Waals surface area (Å²) in [5, 5.41) is 0. The SMILES string of the molecule is CN(C)C1CCN(c2cc(N)nc(N)n2)CC1. The van der Waals surface area contributed by atoms with Crippen molar-refractivity contribution >= 4 is 17.6 Å². The fourth-order valence-electron chi connectivity index (χ4n) is 2.24. The molecule has 94 valence electrons. The van der Waals surface area contributed by atoms with E-state index in [0.29, 0.717) is 11.9 Å². The van der Waals surface area contributed by atoms with Crippen LogP contribution in [0.2, 0.25) is 0 Å². The molecule has 1 aliphatic heterocycles. The Kier molecular flexibility index (Phi) is 3.33. The maximum Gasteiger partial charge on any atom is 0.223 e. The third kappa shape index (κ3) is 2.76. The normalized spacial score (nSPS) is 17.7. The van der Waals surface area contributed by atoms with Crippen molar-refractivity contribution in [2.75, 3.05) is 43.6 Å². The molecule has 0 aliphatic carbocycles. The van der Waals surface area contributed by atoms with E-state index in [1.165, 1.54) is 0 Å². The Labute approximate surface area is 102 Å². The molecule has 2 heterocycles. The van der Waals surface area contributed by atoms with Crippen LogP contribution in [0, 0.1) is 0 Å². The summed E-state index contributed by atoms with van der Waals surface area (Å²) in [7, 11) is 4.25. The number of nitrogen functional groups attached to an aromatic ring is 2. The van der Waals surface area contributed by atoms with E-state index in [1.54, 1.807) is 6.07 Å². The van der Waals surface area contributed by atoms with Crippen molar-refractivity contribution in [3.63, 3.8) is 0 Å². The van der Waals surface area contributed by atoms with Crippen molar-refractivity contribution in [3.8, 4) is 0 Å². The van der Waals surface area contributed by atoms with Crippen LogP contribution in [0.25, 0.3) is 0 Å². The minimum atomic E-state index is 0.245. The van der Waals surface area contributed by atoms with Crippen LogP contribution < -0.4 is 16.4 Å². The Bertz CT molecular complexity index is 363. The standard InChI is InChI=1S/C11H20N6/c1-16(2)8-3-5-17(6-4-8)10-7-9(12)14-11(13)15-10/h7-8H,3-6H2,1-2H3,(H4,12,13,14,15). The van der Waals surface area contributed by atoms with E-state index < -0.39 is 0 Å². The largest absolute Gasteiger partial charge is 0.383 e. The number of aromatic nitrogens is 2. The molecule has 0 saturated carbocycles. The lowest BCUT2D eigenvalue weighted by Gasteiger charge is -2.35. The van der Waals surface area contributed by atoms with Gasteiger partial charge in [-0.15, -0.1) is 0 Å². The van der Waals surface area contributed by atoms with Gasteiger partial charge in [-0.1, -0.05) is 0 Å². The van der Waals surface area contributed by atoms with Gasteiger partial charge in [-0.2, -0.15) is 9.97 Å². The van der Waals surface area contributed by atoms with Crippen LogP contribution >= 0.6 is 0 Å². The Balaban J connectivity index is 2.05. The summed E-state index contributed by atoms with van der Waals surface area (Å²) in [6.45, 7) is 1.97. The van der Waals surface area contributed by atoms with Crippen molar-refractivity contribution < 1.29 is 0 Å². The van der Waals surface area contributed by atoms with Crippen molar-refractivity contribution in [3.05, 3.63) is 6.07 Å². The number of piperidine rings is 1. The molecule has 1 aromatic heterocycles. The molecule has 0 bridgehead atoms. The first kappa shape index (κ1) is 11.9. The Morgan fingerprint density at radius 3 is 2.41 bits per heavy atom. The zero-order valence-electron chi connectivity index (χ0n) is 10.4. The third-order valence-electron chi connectivity index (χ3n) is 3.27. The molecule has 4 N–H and O–H groups in total. The highest BCUT2D eigenvalue weighted by Crippen LogP contribution is 2.21. The first-order valence-corrected chi connectivity index (χ1v) is 5.87. The van der Waals surface area contributed by atoms with Crippen LogP contribution in [-0.4, -0.2) is 48.1 Å². The molecule has 6 heteroatoms. The summed E-state index contributed by atoms with van der Waals surface area (Å²) in [4.78, 5) is 12.6. The Morgan fingerprint density at radius 2 is 1.88 bits per heavy atom. The van der Waals surface area contributed by atoms with E-state index in [-0.39, 0.29) is 5.95 Å². The minimum Gasteiger partial charge on any atom is -0.383 e. The van der Waals surface area contributed by atoms with E-state index in [4.69, 9.17) is 11.5 Å². The Hall–Kier alpha value is -1.56. The van der Waals surface area contributed by atoms with Gasteiger partial charge in [-0.3, -0.25) is 0 Å². The molecule has 1 saturated heterocycles. The zero-order valence-corrected chi connectivity index (χ0v) is 10.4. The second-order valence-electron chi connectivity index (χ2n) is 4.69. The lowest BCUT2D eigenvalue weighted by Crippen LogP contribution is -2.42. The molecule has 0 amide bonds. The Morgan fingerprint density at radius 1 is 1.24 bits per heavy atom. The summed E-state index contributed by atoms with van der Waals surface area (Å²) in [5.41, 5.74) is 11.3. The van der Waals surface area contributed by atoms with Gasteiger partial charge in [0, 0.05) is 25.2 Å². The van der Waals surface area contributed by atoms with E-state index in [1.807, 2.05) is 0 Å². The van der Waals surface area contributed by atoms with Gasteiger partial charge >= 0.3 is 0 Å². The van der Waals surface area contributed by atoms with Crippen LogP contribution in [0.4, 0.5) is 17.6 Å². The molecular formula is C11H20N6. The highest BCUT2D eigenvalue weighted by Gasteiger charge is 2.21. The molecule has 0 radical (unpaired) electrons. The topological polar surface area (TPSA) is 84.3 Å². The fraction of sp³-hybridized carbons (Fsp3) is 0.636. The molecule has 0 spiro atoms. The number of hydrogen-bond donors (Lipinski definition) is 2. The van der Waals surface area contributed by atoms with Gasteiger partial charge in [-0.25, -0.2) is 0 Å². The highest BCUT2D eigenvalue weighted by atomic mass is 15.2. The lowest BCUT2D eigenvalue weighted by molar-refractivity contribution is 0.249. The van der Waals surface area contributed by atoms with Crippen molar-refractivity contribution in [1.82, 2.24) is 14.9 Å². The van der Waals surface area contributed by atoms with Gasteiger partial charge in [0.15, 0.2) is 0 Å². The first-order valence-electron chi connectivity index (χ1n) is 5.87. The molecule has 1 fully saturated rings. The summed E-state index contributed by atoms with van der Waals surface area (Å²) in [6.07, 6.45) is 2.27. The number of nitrogens with zero attached hydrogens (tertiary/aromatic N) is 4. The number of nitrogens with two attached hydrogens (primary N) is 2. The summed E-state index contributed by atoms with van der Waals surface area (Å²) in [5.74, 6) is 1.52. The second kappa shape index (κ2) is 4.75. The van der Waals surface area contributed by atoms with Crippen molar-refractivity contribution in [2.45, 2.75) is 18.9 Å². The zero-order chi connectivity index (χ0) is 12.4. The van der Waals surface area contributed by atoms with Gasteiger partial charge in [0.25, 0.3) is 0 Å². The number of rotatable bonds is 2. The first-order chi connectivity index (χ1) is 8.06. The maximum absolute atomic E-state index is 5.68. The second-order valence-corrected chi connectivity index (χ2v) is 4.69. The molecule has 0 atom stereocenters. The highest BCUT2D eigenvalue weighted by molar-refractivity contribution is 5.50. The average molecular weight is 236 g/mol. The molecule has 6 nitrogen and oxygen atoms in total. The summed E-state index contributed by atoms with van der Waals surface area (Å²) < 4.78 is 0. The molecular weight excluding hydrogens is 216 g/mol. The smallest absolute Gasteiger partial charge is 0.223 e. The van der Waals surface area contributed by atoms with E-state index in [9.17, 15) is 0 Å². The number of hydrogen-bond acceptors (Lipinski definition) is 6. The van der Waals surface area contributed by atoms with Crippen molar-refractivity contribution in [2.24, 2.45) is 0 Å². The maximum atomic E-state index is 5.68. The molecule has 1 aromatic rings. The van der Waals surface area contributed by atoms with E-state index in [2.05, 4.69) is 33.9 Å². The fourth-order valence-corrected chi connectivity index (χ4v) is 2.24. The van der Waals surface area contributed by atoms with Gasteiger partial charge in [0.05, 0.1) is 0 Å². The molecule has 2 rings (SSSR count). The van der Waals surface area contributed by atoms with Crippen molar-refractivity contribution in [1.29, 1.82) is 0 Å². The van der Waals surface area contributed by atoms with E-state index >= 15 is 0 Å². The number of anilines is 3. The van der Waals surface area contributed by atoms with Crippen LogP contribution in [-0.2, 0) is 0 Å². The van der Waals surface area contributed by atoms with Crippen LogP contribution in [0.1, 0.15) is 12.8 Å². The van der Waals surface area contributed by atoms with E-state index in [0.717, 1.165) is 31.7 Å². The van der Waals surface area contributed by atoms with Gasteiger partial charge in [-0.05, 0) is 26.9 Å².